The molecule has 4 nitrogen and oxygen atoms in total. The quantitative estimate of drug-likeness (QED) is 0.232. The van der Waals surface area contributed by atoms with Crippen molar-refractivity contribution in [2.24, 2.45) is 0 Å². The van der Waals surface area contributed by atoms with Gasteiger partial charge in [0.1, 0.15) is 17.3 Å². The van der Waals surface area contributed by atoms with Crippen LogP contribution in [0, 0.1) is 0 Å². The van der Waals surface area contributed by atoms with Crippen LogP contribution in [0.15, 0.2) is 127 Å². The van der Waals surface area contributed by atoms with Crippen molar-refractivity contribution in [3.63, 3.8) is 0 Å². The van der Waals surface area contributed by atoms with Crippen molar-refractivity contribution in [1.82, 2.24) is 14.5 Å². The smallest absolute Gasteiger partial charge is 0.162 e. The fourth-order valence-corrected chi connectivity index (χ4v) is 6.20. The van der Waals surface area contributed by atoms with Gasteiger partial charge >= 0.3 is 0 Å². The average molecular weight is 512 g/mol. The molecule has 0 unspecified atom stereocenters. The van der Waals surface area contributed by atoms with Crippen molar-refractivity contribution in [2.75, 3.05) is 0 Å². The number of rotatable bonds is 2. The number of hydrogen-bond acceptors (Lipinski definition) is 3. The maximum Gasteiger partial charge on any atom is 0.162 e. The van der Waals surface area contributed by atoms with Crippen LogP contribution in [0.25, 0.3) is 71.8 Å². The van der Waals surface area contributed by atoms with Gasteiger partial charge in [-0.05, 0) is 41.3 Å². The largest absolute Gasteiger partial charge is 0.456 e. The average Bonchev–Trinajstić information content (AvgIpc) is 3.33. The molecule has 0 bridgehead atoms. The van der Waals surface area contributed by atoms with Gasteiger partial charge in [0.25, 0.3) is 0 Å². The van der Waals surface area contributed by atoms with Crippen LogP contribution in [0.3, 0.4) is 0 Å². The summed E-state index contributed by atoms with van der Waals surface area (Å²) in [5, 5.41) is 5.69. The zero-order valence-electron chi connectivity index (χ0n) is 21.4. The maximum absolute atomic E-state index is 6.58. The SMILES string of the molecule is c1ccc(-c2nc(-n3c4ccccc4c4cc5c(cc43)Oc3cccc4cccc-5c34)c3ccccc3n2)cc1. The van der Waals surface area contributed by atoms with E-state index in [9.17, 15) is 0 Å². The normalized spacial score (nSPS) is 12.2. The van der Waals surface area contributed by atoms with Crippen molar-refractivity contribution in [2.45, 2.75) is 0 Å². The van der Waals surface area contributed by atoms with Gasteiger partial charge in [-0.1, -0.05) is 91.0 Å². The van der Waals surface area contributed by atoms with Gasteiger partial charge in [-0.15, -0.1) is 0 Å². The van der Waals surface area contributed by atoms with E-state index in [1.54, 1.807) is 0 Å². The van der Waals surface area contributed by atoms with E-state index in [1.165, 1.54) is 21.7 Å². The molecule has 0 atom stereocenters. The molecule has 0 radical (unpaired) electrons. The zero-order chi connectivity index (χ0) is 26.2. The molecule has 0 amide bonds. The zero-order valence-corrected chi connectivity index (χ0v) is 21.4. The first-order valence-corrected chi connectivity index (χ1v) is 13.4. The van der Waals surface area contributed by atoms with E-state index in [0.717, 1.165) is 55.8 Å². The predicted octanol–water partition coefficient (Wildman–Crippen LogP) is 9.32. The second-order valence-corrected chi connectivity index (χ2v) is 10.2. The highest BCUT2D eigenvalue weighted by atomic mass is 16.5. The van der Waals surface area contributed by atoms with Crippen LogP contribution in [-0.2, 0) is 0 Å². The van der Waals surface area contributed by atoms with Crippen LogP contribution in [0.1, 0.15) is 0 Å². The molecule has 9 rings (SSSR count). The summed E-state index contributed by atoms with van der Waals surface area (Å²) in [6, 6.07) is 44.2. The highest BCUT2D eigenvalue weighted by Gasteiger charge is 2.24. The predicted molar refractivity (Wildman–Crippen MR) is 162 cm³/mol. The third-order valence-corrected chi connectivity index (χ3v) is 7.98. The highest BCUT2D eigenvalue weighted by molar-refractivity contribution is 6.14. The molecule has 40 heavy (non-hydrogen) atoms. The standard InChI is InChI=1S/C36H21N3O/c1-2-10-23(11-3-1)35-37-29-17-6-4-15-26(29)36(38-35)39-30-18-7-5-14-24(30)27-20-28-25-16-8-12-22-13-9-19-32(34(22)25)40-33(28)21-31(27)39/h1-21H. The number of aromatic nitrogens is 3. The van der Waals surface area contributed by atoms with Crippen LogP contribution in [0.4, 0.5) is 0 Å². The van der Waals surface area contributed by atoms with Crippen LogP contribution >= 0.6 is 0 Å². The summed E-state index contributed by atoms with van der Waals surface area (Å²) in [4.78, 5) is 10.1. The first-order chi connectivity index (χ1) is 19.8. The molecule has 2 aromatic heterocycles. The van der Waals surface area contributed by atoms with Crippen molar-refractivity contribution in [3.8, 4) is 39.8 Å². The topological polar surface area (TPSA) is 39.9 Å². The number of benzene rings is 6. The summed E-state index contributed by atoms with van der Waals surface area (Å²) in [5.74, 6) is 3.30. The number of ether oxygens (including phenoxy) is 1. The van der Waals surface area contributed by atoms with Crippen LogP contribution < -0.4 is 4.74 Å². The number of para-hydroxylation sites is 2. The third kappa shape index (κ3) is 2.96. The fraction of sp³-hybridized carbons (Fsp3) is 0. The fourth-order valence-electron chi connectivity index (χ4n) is 6.20. The third-order valence-electron chi connectivity index (χ3n) is 7.98. The number of nitrogens with zero attached hydrogens (tertiary/aromatic N) is 3. The summed E-state index contributed by atoms with van der Waals surface area (Å²) >= 11 is 0. The molecule has 0 saturated carbocycles. The number of hydrogen-bond donors (Lipinski definition) is 0. The molecular weight excluding hydrogens is 490 g/mol. The lowest BCUT2D eigenvalue weighted by atomic mass is 9.93. The molecule has 0 N–H and O–H groups in total. The summed E-state index contributed by atoms with van der Waals surface area (Å²) in [6.45, 7) is 0. The summed E-state index contributed by atoms with van der Waals surface area (Å²) in [5.41, 5.74) is 6.35. The Labute approximate surface area is 229 Å². The molecule has 3 heterocycles. The van der Waals surface area contributed by atoms with Crippen molar-refractivity contribution < 1.29 is 4.74 Å². The minimum Gasteiger partial charge on any atom is -0.456 e. The molecule has 1 aliphatic rings. The molecule has 186 valence electrons. The highest BCUT2D eigenvalue weighted by Crippen LogP contribution is 2.49. The Balaban J connectivity index is 1.40. The molecule has 0 aliphatic carbocycles. The molecule has 8 aromatic rings. The second-order valence-electron chi connectivity index (χ2n) is 10.2. The summed E-state index contributed by atoms with van der Waals surface area (Å²) < 4.78 is 8.85. The van der Waals surface area contributed by atoms with Crippen LogP contribution in [0.2, 0.25) is 0 Å². The molecule has 0 saturated heterocycles. The maximum atomic E-state index is 6.58. The van der Waals surface area contributed by atoms with Gasteiger partial charge in [-0.2, -0.15) is 0 Å². The Morgan fingerprint density at radius 2 is 1.30 bits per heavy atom. The van der Waals surface area contributed by atoms with Crippen LogP contribution in [-0.4, -0.2) is 14.5 Å². The van der Waals surface area contributed by atoms with Gasteiger partial charge in [-0.3, -0.25) is 4.57 Å². The van der Waals surface area contributed by atoms with E-state index >= 15 is 0 Å². The Kier molecular flexibility index (Phi) is 4.30. The van der Waals surface area contributed by atoms with E-state index in [1.807, 2.05) is 30.3 Å². The first kappa shape index (κ1) is 21.5. The summed E-state index contributed by atoms with van der Waals surface area (Å²) in [6.07, 6.45) is 0. The van der Waals surface area contributed by atoms with Gasteiger partial charge in [0.05, 0.1) is 16.6 Å². The van der Waals surface area contributed by atoms with Gasteiger partial charge in [0, 0.05) is 38.7 Å². The van der Waals surface area contributed by atoms with Crippen molar-refractivity contribution in [1.29, 1.82) is 0 Å². The first-order valence-electron chi connectivity index (χ1n) is 13.4. The van der Waals surface area contributed by atoms with Crippen molar-refractivity contribution >= 4 is 43.5 Å². The molecule has 0 fully saturated rings. The minimum atomic E-state index is 0.704. The summed E-state index contributed by atoms with van der Waals surface area (Å²) in [7, 11) is 0. The Morgan fingerprint density at radius 3 is 2.20 bits per heavy atom. The van der Waals surface area contributed by atoms with Gasteiger partial charge < -0.3 is 4.74 Å². The van der Waals surface area contributed by atoms with E-state index < -0.39 is 0 Å². The van der Waals surface area contributed by atoms with Gasteiger partial charge in [-0.25, -0.2) is 9.97 Å². The molecule has 4 heteroatoms. The monoisotopic (exact) mass is 511 g/mol. The van der Waals surface area contributed by atoms with E-state index in [4.69, 9.17) is 14.7 Å². The van der Waals surface area contributed by atoms with Gasteiger partial charge in [0.15, 0.2) is 5.82 Å². The molecule has 1 aliphatic heterocycles. The second kappa shape index (κ2) is 8.01. The lowest BCUT2D eigenvalue weighted by Gasteiger charge is -2.21. The lowest BCUT2D eigenvalue weighted by Crippen LogP contribution is -2.03. The Morgan fingerprint density at radius 1 is 0.525 bits per heavy atom. The van der Waals surface area contributed by atoms with Crippen molar-refractivity contribution in [3.05, 3.63) is 127 Å². The Bertz CT molecular complexity index is 2300. The van der Waals surface area contributed by atoms with E-state index in [0.29, 0.717) is 5.82 Å². The number of fused-ring (bicyclic) bond motifs is 6. The van der Waals surface area contributed by atoms with E-state index in [-0.39, 0.29) is 0 Å². The molecule has 6 aromatic carbocycles. The van der Waals surface area contributed by atoms with E-state index in [2.05, 4.69) is 102 Å². The van der Waals surface area contributed by atoms with Crippen LogP contribution in [0.5, 0.6) is 11.5 Å². The molecular formula is C36H21N3O. The van der Waals surface area contributed by atoms with Gasteiger partial charge in [0.2, 0.25) is 0 Å². The minimum absolute atomic E-state index is 0.704. The lowest BCUT2D eigenvalue weighted by molar-refractivity contribution is 0.487. The Hall–Kier alpha value is -5.48. The molecule has 0 spiro atoms.